The molecular formula is C10H13ClN2O4S. The maximum absolute atomic E-state index is 11.7. The van der Waals surface area contributed by atoms with E-state index in [4.69, 9.17) is 11.6 Å². The summed E-state index contributed by atoms with van der Waals surface area (Å²) < 4.78 is 30.1. The maximum Gasteiger partial charge on any atom is 0.305 e. The van der Waals surface area contributed by atoms with Gasteiger partial charge < -0.3 is 4.74 Å². The fourth-order valence-electron chi connectivity index (χ4n) is 1.21. The van der Waals surface area contributed by atoms with Crippen LogP contribution in [0.2, 0.25) is 5.15 Å². The van der Waals surface area contributed by atoms with E-state index in [-0.39, 0.29) is 23.7 Å². The molecule has 0 atom stereocenters. The lowest BCUT2D eigenvalue weighted by Gasteiger charge is -2.07. The highest BCUT2D eigenvalue weighted by Gasteiger charge is 2.12. The van der Waals surface area contributed by atoms with Crippen LogP contribution in [0.4, 0.5) is 5.69 Å². The highest BCUT2D eigenvalue weighted by molar-refractivity contribution is 7.92. The smallest absolute Gasteiger partial charge is 0.305 e. The van der Waals surface area contributed by atoms with Gasteiger partial charge in [0.05, 0.1) is 18.6 Å². The number of hydrogen-bond donors (Lipinski definition) is 1. The Labute approximate surface area is 110 Å². The molecule has 0 aliphatic carbocycles. The number of aromatic nitrogens is 1. The lowest BCUT2D eigenvalue weighted by Crippen LogP contribution is -2.17. The minimum absolute atomic E-state index is 0.0640. The third-order valence-corrected chi connectivity index (χ3v) is 3.60. The van der Waals surface area contributed by atoms with Crippen LogP contribution in [0.25, 0.3) is 0 Å². The molecule has 0 bridgehead atoms. The standard InChI is InChI=1S/C10H13ClN2O4S/c1-17-10(14)3-2-6-18(15,16)13-8-4-5-12-9(11)7-8/h4-5,7H,2-3,6H2,1H3,(H,12,13). The topological polar surface area (TPSA) is 85.4 Å². The van der Waals surface area contributed by atoms with Crippen molar-refractivity contribution >= 4 is 33.3 Å². The second kappa shape index (κ2) is 6.55. The quantitative estimate of drug-likeness (QED) is 0.633. The van der Waals surface area contributed by atoms with E-state index in [1.165, 1.54) is 25.4 Å². The molecule has 1 rings (SSSR count). The Morgan fingerprint density at radius 3 is 2.89 bits per heavy atom. The number of methoxy groups -OCH3 is 1. The minimum Gasteiger partial charge on any atom is -0.469 e. The molecule has 8 heteroatoms. The van der Waals surface area contributed by atoms with Crippen LogP contribution in [-0.4, -0.2) is 32.2 Å². The van der Waals surface area contributed by atoms with E-state index in [1.807, 2.05) is 0 Å². The molecule has 0 saturated heterocycles. The van der Waals surface area contributed by atoms with Crippen LogP contribution >= 0.6 is 11.6 Å². The first kappa shape index (κ1) is 14.7. The summed E-state index contributed by atoms with van der Waals surface area (Å²) >= 11 is 5.63. The Balaban J connectivity index is 2.52. The minimum atomic E-state index is -3.50. The lowest BCUT2D eigenvalue weighted by atomic mass is 10.3. The molecule has 1 aromatic heterocycles. The van der Waals surface area contributed by atoms with Gasteiger partial charge in [0, 0.05) is 12.6 Å². The highest BCUT2D eigenvalue weighted by Crippen LogP contribution is 2.14. The third-order valence-electron chi connectivity index (χ3n) is 2.02. The van der Waals surface area contributed by atoms with E-state index in [0.717, 1.165) is 0 Å². The predicted molar refractivity (Wildman–Crippen MR) is 67.9 cm³/mol. The van der Waals surface area contributed by atoms with E-state index in [2.05, 4.69) is 14.4 Å². The Bertz CT molecular complexity index is 518. The van der Waals surface area contributed by atoms with E-state index in [0.29, 0.717) is 5.69 Å². The van der Waals surface area contributed by atoms with E-state index in [1.54, 1.807) is 0 Å². The second-order valence-electron chi connectivity index (χ2n) is 3.47. The van der Waals surface area contributed by atoms with Gasteiger partial charge in [0.1, 0.15) is 5.15 Å². The van der Waals surface area contributed by atoms with Crippen molar-refractivity contribution in [1.82, 2.24) is 4.98 Å². The van der Waals surface area contributed by atoms with E-state index in [9.17, 15) is 13.2 Å². The van der Waals surface area contributed by atoms with Gasteiger partial charge in [0.15, 0.2) is 0 Å². The first-order valence-electron chi connectivity index (χ1n) is 5.12. The Kier molecular flexibility index (Phi) is 5.36. The van der Waals surface area contributed by atoms with Crippen molar-refractivity contribution in [2.75, 3.05) is 17.6 Å². The van der Waals surface area contributed by atoms with Gasteiger partial charge >= 0.3 is 5.97 Å². The summed E-state index contributed by atoms with van der Waals surface area (Å²) in [6, 6.07) is 2.89. The van der Waals surface area contributed by atoms with Crippen molar-refractivity contribution in [1.29, 1.82) is 0 Å². The van der Waals surface area contributed by atoms with Crippen molar-refractivity contribution in [3.05, 3.63) is 23.5 Å². The van der Waals surface area contributed by atoms with Crippen molar-refractivity contribution in [3.63, 3.8) is 0 Å². The van der Waals surface area contributed by atoms with Crippen LogP contribution in [0.1, 0.15) is 12.8 Å². The van der Waals surface area contributed by atoms with Crippen LogP contribution in [0.15, 0.2) is 18.3 Å². The number of anilines is 1. The molecule has 1 heterocycles. The number of rotatable bonds is 6. The van der Waals surface area contributed by atoms with Crippen LogP contribution in [0.3, 0.4) is 0 Å². The number of pyridine rings is 1. The highest BCUT2D eigenvalue weighted by atomic mass is 35.5. The average molecular weight is 293 g/mol. The number of ether oxygens (including phenoxy) is 1. The average Bonchev–Trinajstić information content (AvgIpc) is 2.27. The van der Waals surface area contributed by atoms with Gasteiger partial charge in [0.25, 0.3) is 0 Å². The number of esters is 1. The third kappa shape index (κ3) is 5.33. The number of halogens is 1. The Hall–Kier alpha value is -1.34. The summed E-state index contributed by atoms with van der Waals surface area (Å²) in [5, 5.41) is 0.199. The molecule has 0 aliphatic heterocycles. The molecule has 0 aromatic carbocycles. The summed E-state index contributed by atoms with van der Waals surface area (Å²) in [4.78, 5) is 14.6. The van der Waals surface area contributed by atoms with Gasteiger partial charge in [-0.15, -0.1) is 0 Å². The number of nitrogens with one attached hydrogen (secondary N) is 1. The summed E-state index contributed by atoms with van der Waals surface area (Å²) in [6.07, 6.45) is 1.66. The molecule has 0 fully saturated rings. The van der Waals surface area contributed by atoms with E-state index >= 15 is 0 Å². The molecule has 18 heavy (non-hydrogen) atoms. The lowest BCUT2D eigenvalue weighted by molar-refractivity contribution is -0.140. The van der Waals surface area contributed by atoms with Crippen molar-refractivity contribution in [2.45, 2.75) is 12.8 Å². The SMILES string of the molecule is COC(=O)CCCS(=O)(=O)Nc1ccnc(Cl)c1. The van der Waals surface area contributed by atoms with Crippen LogP contribution < -0.4 is 4.72 Å². The molecule has 0 radical (unpaired) electrons. The molecule has 0 spiro atoms. The fraction of sp³-hybridized carbons (Fsp3) is 0.400. The summed E-state index contributed by atoms with van der Waals surface area (Å²) in [5.74, 6) is -0.598. The maximum atomic E-state index is 11.7. The first-order chi connectivity index (χ1) is 8.43. The molecule has 100 valence electrons. The summed E-state index contributed by atoms with van der Waals surface area (Å²) in [5.41, 5.74) is 0.341. The molecule has 0 aliphatic rings. The normalized spacial score (nSPS) is 11.0. The van der Waals surface area contributed by atoms with Crippen LogP contribution in [-0.2, 0) is 19.6 Å². The zero-order chi connectivity index (χ0) is 13.6. The number of sulfonamides is 1. The molecule has 1 N–H and O–H groups in total. The monoisotopic (exact) mass is 292 g/mol. The van der Waals surface area contributed by atoms with Crippen LogP contribution in [0, 0.1) is 0 Å². The van der Waals surface area contributed by atoms with Crippen molar-refractivity contribution in [3.8, 4) is 0 Å². The summed E-state index contributed by atoms with van der Waals surface area (Å²) in [6.45, 7) is 0. The van der Waals surface area contributed by atoms with Gasteiger partial charge in [-0.3, -0.25) is 9.52 Å². The molecule has 0 amide bonds. The van der Waals surface area contributed by atoms with Crippen LogP contribution in [0.5, 0.6) is 0 Å². The second-order valence-corrected chi connectivity index (χ2v) is 5.70. The molecular weight excluding hydrogens is 280 g/mol. The van der Waals surface area contributed by atoms with Crippen molar-refractivity contribution in [2.24, 2.45) is 0 Å². The molecule has 0 unspecified atom stereocenters. The summed E-state index contributed by atoms with van der Waals surface area (Å²) in [7, 11) is -2.24. The zero-order valence-corrected chi connectivity index (χ0v) is 11.3. The number of hydrogen-bond acceptors (Lipinski definition) is 5. The van der Waals surface area contributed by atoms with E-state index < -0.39 is 16.0 Å². The first-order valence-corrected chi connectivity index (χ1v) is 7.15. The van der Waals surface area contributed by atoms with Crippen molar-refractivity contribution < 1.29 is 17.9 Å². The number of carbonyl (C=O) groups is 1. The van der Waals surface area contributed by atoms with Gasteiger partial charge in [-0.2, -0.15) is 0 Å². The Morgan fingerprint density at radius 1 is 1.56 bits per heavy atom. The predicted octanol–water partition coefficient (Wildman–Crippen LogP) is 1.43. The fourth-order valence-corrected chi connectivity index (χ4v) is 2.49. The van der Waals surface area contributed by atoms with Gasteiger partial charge in [-0.05, 0) is 18.6 Å². The number of nitrogens with zero attached hydrogens (tertiary/aromatic N) is 1. The Morgan fingerprint density at radius 2 is 2.28 bits per heavy atom. The zero-order valence-electron chi connectivity index (χ0n) is 9.72. The van der Waals surface area contributed by atoms with Gasteiger partial charge in [0.2, 0.25) is 10.0 Å². The molecule has 0 saturated carbocycles. The number of carbonyl (C=O) groups excluding carboxylic acids is 1. The van der Waals surface area contributed by atoms with Gasteiger partial charge in [-0.25, -0.2) is 13.4 Å². The largest absolute Gasteiger partial charge is 0.469 e. The van der Waals surface area contributed by atoms with Gasteiger partial charge in [-0.1, -0.05) is 11.6 Å². The molecule has 1 aromatic rings. The molecule has 6 nitrogen and oxygen atoms in total.